The average Bonchev–Trinajstić information content (AvgIpc) is 3.21. The van der Waals surface area contributed by atoms with Gasteiger partial charge in [-0.05, 0) is 11.6 Å². The molecule has 0 nitrogen and oxygen atoms in total. The van der Waals surface area contributed by atoms with Crippen molar-refractivity contribution >= 4 is 54.1 Å². The number of benzene rings is 2. The van der Waals surface area contributed by atoms with E-state index < -0.39 is 0 Å². The van der Waals surface area contributed by atoms with E-state index in [1.165, 1.54) is 56.4 Å². The maximum absolute atomic E-state index is 6.22. The molecule has 0 saturated carbocycles. The Bertz CT molecular complexity index is 989. The van der Waals surface area contributed by atoms with Gasteiger partial charge in [-0.25, -0.2) is 5.57 Å². The first-order valence-electron chi connectivity index (χ1n) is 8.91. The van der Waals surface area contributed by atoms with Gasteiger partial charge in [-0.1, -0.05) is 62.6 Å². The Kier molecular flexibility index (Phi) is 19.3. The molecule has 0 spiro atoms. The summed E-state index contributed by atoms with van der Waals surface area (Å²) in [5.74, 6) is 0.560. The van der Waals surface area contributed by atoms with Crippen molar-refractivity contribution in [3.8, 4) is 11.1 Å². The summed E-state index contributed by atoms with van der Waals surface area (Å²) < 4.78 is 0. The van der Waals surface area contributed by atoms with Crippen molar-refractivity contribution in [2.45, 2.75) is 27.7 Å². The zero-order chi connectivity index (χ0) is 20.0. The second-order valence-electron chi connectivity index (χ2n) is 6.61. The average molecular weight is 569 g/mol. The fraction of sp³-hybridized carbons (Fsp3) is 0.192. The second-order valence-corrected chi connectivity index (χ2v) is 7.02. The molecule has 3 aromatic rings. The predicted octanol–water partition coefficient (Wildman–Crippen LogP) is 8.96. The molecule has 1 aliphatic carbocycles. The number of halogens is 3. The van der Waals surface area contributed by atoms with Crippen molar-refractivity contribution in [3.05, 3.63) is 103 Å². The summed E-state index contributed by atoms with van der Waals surface area (Å²) >= 11 is 7.57. The number of rotatable bonds is 1. The van der Waals surface area contributed by atoms with Crippen molar-refractivity contribution in [2.75, 3.05) is 0 Å². The van der Waals surface area contributed by atoms with E-state index in [-0.39, 0.29) is 39.7 Å². The Morgan fingerprint density at radius 3 is 1.94 bits per heavy atom. The van der Waals surface area contributed by atoms with Crippen molar-refractivity contribution in [1.82, 2.24) is 0 Å². The van der Waals surface area contributed by atoms with E-state index in [1.54, 1.807) is 0 Å². The molecule has 0 N–H and O–H groups in total. The Hall–Kier alpha value is -0.500. The molecular weight excluding hydrogens is 538 g/mol. The Morgan fingerprint density at radius 1 is 0.903 bits per heavy atom. The van der Waals surface area contributed by atoms with E-state index in [1.807, 2.05) is 18.2 Å². The summed E-state index contributed by atoms with van der Waals surface area (Å²) in [5, 5.41) is 3.33. The molecule has 1 atom stereocenters. The van der Waals surface area contributed by atoms with Gasteiger partial charge in [0.25, 0.3) is 0 Å². The van der Waals surface area contributed by atoms with Crippen LogP contribution in [0.15, 0.2) is 77.4 Å². The first-order chi connectivity index (χ1) is 13.0. The minimum atomic E-state index is 0. The fourth-order valence-electron chi connectivity index (χ4n) is 3.23. The fourth-order valence-corrected chi connectivity index (χ4v) is 3.46. The molecule has 0 fully saturated rings. The topological polar surface area (TPSA) is 0 Å². The van der Waals surface area contributed by atoms with Crippen LogP contribution < -0.4 is 0 Å². The van der Waals surface area contributed by atoms with Crippen molar-refractivity contribution in [3.63, 3.8) is 0 Å². The molecule has 0 amide bonds. The first-order valence-corrected chi connectivity index (χ1v) is 13.5. The SMILES string of the molecule is CC1=[C-]C(C)C(C)=C1C.Cl.Cl.Clc1ccccc1-c1c[cH-]c2ccccc12.[CH3-].[CH3-].[Si]=[Zr]. The van der Waals surface area contributed by atoms with Crippen LogP contribution in [0.25, 0.3) is 21.9 Å². The molecule has 1 aliphatic rings. The van der Waals surface area contributed by atoms with Crippen LogP contribution in [-0.2, 0) is 23.3 Å². The molecular formula is C26H31Cl3SiZr-4. The normalized spacial score (nSPS) is 13.5. The van der Waals surface area contributed by atoms with Crippen molar-refractivity contribution in [1.29, 1.82) is 0 Å². The Labute approximate surface area is 223 Å². The van der Waals surface area contributed by atoms with E-state index in [0.717, 1.165) is 10.6 Å². The van der Waals surface area contributed by atoms with Gasteiger partial charge >= 0.3 is 30.2 Å². The molecule has 2 radical (unpaired) electrons. The van der Waals surface area contributed by atoms with Gasteiger partial charge in [-0.2, -0.15) is 11.1 Å². The van der Waals surface area contributed by atoms with E-state index in [2.05, 4.69) is 83.1 Å². The standard InChI is InChI=1S/C15H10Cl.C9H13.2CH3.2ClH.Si.Zr/c16-15-8-4-3-7-14(15)13-10-9-11-5-1-2-6-12(11)13;1-6-5-7(2)9(4)8(6)3;;;;;;/h1-10H;6H,1-4H3;2*1H3;2*1H;;/q4*-1;;;;. The zero-order valence-electron chi connectivity index (χ0n) is 19.0. The summed E-state index contributed by atoms with van der Waals surface area (Å²) in [6.07, 6.45) is 3.36. The molecule has 0 bridgehead atoms. The third-order valence-corrected chi connectivity index (χ3v) is 5.41. The number of allylic oxidation sites excluding steroid dienone is 4. The van der Waals surface area contributed by atoms with E-state index in [9.17, 15) is 0 Å². The number of hydrogen-bond donors (Lipinski definition) is 0. The van der Waals surface area contributed by atoms with Crippen LogP contribution in [0.2, 0.25) is 5.02 Å². The summed E-state index contributed by atoms with van der Waals surface area (Å²) in [6, 6.07) is 20.6. The molecule has 0 heterocycles. The predicted molar refractivity (Wildman–Crippen MR) is 143 cm³/mol. The van der Waals surface area contributed by atoms with Crippen LogP contribution in [0, 0.1) is 26.8 Å². The molecule has 0 saturated heterocycles. The van der Waals surface area contributed by atoms with Crippen LogP contribution in [-0.4, -0.2) is 6.88 Å². The monoisotopic (exact) mass is 566 g/mol. The quantitative estimate of drug-likeness (QED) is 0.203. The van der Waals surface area contributed by atoms with E-state index in [4.69, 9.17) is 11.6 Å². The van der Waals surface area contributed by atoms with Crippen LogP contribution in [0.4, 0.5) is 0 Å². The molecule has 0 aliphatic heterocycles. The van der Waals surface area contributed by atoms with Gasteiger partial charge in [0.1, 0.15) is 0 Å². The van der Waals surface area contributed by atoms with E-state index >= 15 is 0 Å². The van der Waals surface area contributed by atoms with Gasteiger partial charge in [-0.15, -0.1) is 78.4 Å². The Morgan fingerprint density at radius 2 is 1.45 bits per heavy atom. The molecule has 4 rings (SSSR count). The van der Waals surface area contributed by atoms with Gasteiger partial charge in [0.05, 0.1) is 0 Å². The summed E-state index contributed by atoms with van der Waals surface area (Å²) in [5.41, 5.74) is 6.56. The van der Waals surface area contributed by atoms with Gasteiger partial charge in [0.15, 0.2) is 0 Å². The number of fused-ring (bicyclic) bond motifs is 1. The molecule has 168 valence electrons. The summed E-state index contributed by atoms with van der Waals surface area (Å²) in [4.78, 5) is 0. The molecule has 31 heavy (non-hydrogen) atoms. The summed E-state index contributed by atoms with van der Waals surface area (Å²) in [7, 11) is 0. The molecule has 3 aromatic carbocycles. The molecule has 1 unspecified atom stereocenters. The van der Waals surface area contributed by atoms with Gasteiger partial charge < -0.3 is 14.9 Å². The van der Waals surface area contributed by atoms with Crippen LogP contribution in [0.5, 0.6) is 0 Å². The number of hydrogen-bond acceptors (Lipinski definition) is 0. The van der Waals surface area contributed by atoms with Crippen molar-refractivity contribution < 1.29 is 23.3 Å². The molecule has 0 aromatic heterocycles. The zero-order valence-corrected chi connectivity index (χ0v) is 24.9. The third kappa shape index (κ3) is 8.75. The third-order valence-electron chi connectivity index (χ3n) is 5.08. The first kappa shape index (κ1) is 35.1. The maximum atomic E-state index is 6.22. The van der Waals surface area contributed by atoms with E-state index in [0.29, 0.717) is 5.92 Å². The Balaban J connectivity index is -0.000000460. The van der Waals surface area contributed by atoms with Gasteiger partial charge in [-0.3, -0.25) is 6.08 Å². The minimum absolute atomic E-state index is 0. The van der Waals surface area contributed by atoms with Crippen LogP contribution >= 0.6 is 36.4 Å². The van der Waals surface area contributed by atoms with Gasteiger partial charge in [0.2, 0.25) is 0 Å². The van der Waals surface area contributed by atoms with Crippen LogP contribution in [0.3, 0.4) is 0 Å². The van der Waals surface area contributed by atoms with Gasteiger partial charge in [0, 0.05) is 5.02 Å². The molecule has 5 heteroatoms. The second kappa shape index (κ2) is 17.0. The van der Waals surface area contributed by atoms with Crippen molar-refractivity contribution in [2.24, 2.45) is 5.92 Å². The summed E-state index contributed by atoms with van der Waals surface area (Å²) in [6.45, 7) is 11.7. The van der Waals surface area contributed by atoms with Crippen LogP contribution in [0.1, 0.15) is 27.7 Å².